The molecule has 1 heterocycles. The van der Waals surface area contributed by atoms with E-state index in [1.165, 1.54) is 0 Å². The van der Waals surface area contributed by atoms with Gasteiger partial charge in [0, 0.05) is 19.0 Å². The van der Waals surface area contributed by atoms with Crippen LogP contribution in [-0.2, 0) is 4.79 Å². The Morgan fingerprint density at radius 3 is 2.68 bits per heavy atom. The Kier molecular flexibility index (Phi) is 4.97. The summed E-state index contributed by atoms with van der Waals surface area (Å²) < 4.78 is 0. The van der Waals surface area contributed by atoms with Crippen LogP contribution in [0.2, 0.25) is 0 Å². The molecule has 3 nitrogen and oxygen atoms in total. The lowest BCUT2D eigenvalue weighted by atomic mass is 9.82. The number of likely N-dealkylation sites (N-methyl/N-ethyl adjacent to an activating group) is 1. The van der Waals surface area contributed by atoms with Crippen LogP contribution in [0.4, 0.5) is 0 Å². The number of nitrogens with zero attached hydrogens (tertiary/aromatic N) is 2. The Bertz CT molecular complexity index is 414. The predicted molar refractivity (Wildman–Crippen MR) is 81.9 cm³/mol. The predicted octanol–water partition coefficient (Wildman–Crippen LogP) is 3.05. The van der Waals surface area contributed by atoms with Crippen molar-refractivity contribution in [3.05, 3.63) is 24.3 Å². The van der Waals surface area contributed by atoms with Gasteiger partial charge in [0.2, 0.25) is 5.91 Å². The van der Waals surface area contributed by atoms with Gasteiger partial charge in [-0.3, -0.25) is 9.79 Å². The van der Waals surface area contributed by atoms with Crippen molar-refractivity contribution in [3.8, 4) is 0 Å². The second kappa shape index (κ2) is 5.91. The van der Waals surface area contributed by atoms with Crippen molar-refractivity contribution in [1.29, 1.82) is 0 Å². The summed E-state index contributed by atoms with van der Waals surface area (Å²) >= 11 is 6.49. The highest BCUT2D eigenvalue weighted by molar-refractivity contribution is 6.25. The van der Waals surface area contributed by atoms with Crippen LogP contribution in [-0.4, -0.2) is 41.5 Å². The smallest absolute Gasteiger partial charge is 0.246 e. The van der Waals surface area contributed by atoms with Crippen LogP contribution in [0.25, 0.3) is 0 Å². The van der Waals surface area contributed by atoms with E-state index in [2.05, 4.69) is 18.3 Å². The van der Waals surface area contributed by atoms with Gasteiger partial charge in [0.15, 0.2) is 0 Å². The molecule has 0 saturated heterocycles. The minimum absolute atomic E-state index is 0.00507. The number of aliphatic imine (C=N–C) groups is 1. The van der Waals surface area contributed by atoms with Crippen molar-refractivity contribution in [2.75, 3.05) is 7.05 Å². The van der Waals surface area contributed by atoms with E-state index in [9.17, 15) is 4.79 Å². The lowest BCUT2D eigenvalue weighted by Crippen LogP contribution is -2.45. The Morgan fingerprint density at radius 1 is 1.68 bits per heavy atom. The third-order valence-electron chi connectivity index (χ3n) is 4.15. The van der Waals surface area contributed by atoms with E-state index in [0.717, 1.165) is 12.0 Å². The van der Waals surface area contributed by atoms with E-state index >= 15 is 0 Å². The van der Waals surface area contributed by atoms with E-state index < -0.39 is 4.87 Å². The summed E-state index contributed by atoms with van der Waals surface area (Å²) in [6.07, 6.45) is 4.24. The van der Waals surface area contributed by atoms with Gasteiger partial charge in [0.05, 0.1) is 17.0 Å². The van der Waals surface area contributed by atoms with Crippen molar-refractivity contribution in [1.82, 2.24) is 4.90 Å². The maximum Gasteiger partial charge on any atom is 0.246 e. The first-order valence-electron chi connectivity index (χ1n) is 6.56. The topological polar surface area (TPSA) is 32.7 Å². The fraction of sp³-hybridized carbons (Fsp3) is 0.600. The minimum Gasteiger partial charge on any atom is -0.335 e. The van der Waals surface area contributed by atoms with Crippen LogP contribution in [0.15, 0.2) is 29.3 Å². The minimum atomic E-state index is -0.567. The molecule has 0 N–H and O–H groups in total. The monoisotopic (exact) mass is 282 g/mol. The Hall–Kier alpha value is -1.09. The number of carbonyl (C=O) groups excluding carboxylic acids is 1. The summed E-state index contributed by atoms with van der Waals surface area (Å²) in [5.74, 6) is 0.0515. The zero-order valence-corrected chi connectivity index (χ0v) is 12.9. The van der Waals surface area contributed by atoms with Gasteiger partial charge in [-0.1, -0.05) is 19.9 Å². The molecule has 4 heteroatoms. The van der Waals surface area contributed by atoms with Crippen molar-refractivity contribution in [3.63, 3.8) is 0 Å². The number of allylic oxidation sites excluding steroid dienone is 1. The number of amides is 1. The first-order chi connectivity index (χ1) is 8.80. The molecule has 2 unspecified atom stereocenters. The zero-order valence-electron chi connectivity index (χ0n) is 12.2. The summed E-state index contributed by atoms with van der Waals surface area (Å²) in [7, 11) is 1.80. The van der Waals surface area contributed by atoms with Gasteiger partial charge >= 0.3 is 0 Å². The summed E-state index contributed by atoms with van der Waals surface area (Å²) in [6, 6.07) is -0.0814. The van der Waals surface area contributed by atoms with Crippen molar-refractivity contribution in [2.45, 2.75) is 44.1 Å². The molecule has 0 saturated carbocycles. The number of halogens is 1. The van der Waals surface area contributed by atoms with Crippen LogP contribution < -0.4 is 0 Å². The maximum atomic E-state index is 12.0. The molecule has 0 spiro atoms. The highest BCUT2D eigenvalue weighted by atomic mass is 35.5. The molecule has 0 radical (unpaired) electrons. The van der Waals surface area contributed by atoms with Crippen LogP contribution in [0.1, 0.15) is 27.2 Å². The molecule has 1 aliphatic heterocycles. The van der Waals surface area contributed by atoms with Crippen molar-refractivity contribution in [2.24, 2.45) is 10.9 Å². The first-order valence-corrected chi connectivity index (χ1v) is 6.94. The summed E-state index contributed by atoms with van der Waals surface area (Å²) in [5, 5.41) is 0. The Labute approximate surface area is 121 Å². The second-order valence-electron chi connectivity index (χ2n) is 5.29. The van der Waals surface area contributed by atoms with Gasteiger partial charge in [-0.05, 0) is 25.6 Å². The highest BCUT2D eigenvalue weighted by Crippen LogP contribution is 2.38. The molecular weight excluding hydrogens is 260 g/mol. The molecule has 0 bridgehead atoms. The fourth-order valence-corrected chi connectivity index (χ4v) is 2.69. The van der Waals surface area contributed by atoms with Crippen LogP contribution in [0.5, 0.6) is 0 Å². The summed E-state index contributed by atoms with van der Waals surface area (Å²) in [4.78, 5) is 17.3. The third kappa shape index (κ3) is 2.92. The van der Waals surface area contributed by atoms with E-state index in [1.807, 2.05) is 20.8 Å². The van der Waals surface area contributed by atoms with E-state index in [1.54, 1.807) is 24.1 Å². The third-order valence-corrected chi connectivity index (χ3v) is 4.65. The molecule has 106 valence electrons. The molecule has 1 amide bonds. The number of hydrogen-bond donors (Lipinski definition) is 0. The largest absolute Gasteiger partial charge is 0.335 e. The lowest BCUT2D eigenvalue weighted by molar-refractivity contribution is -0.125. The lowest BCUT2D eigenvalue weighted by Gasteiger charge is -2.37. The quantitative estimate of drug-likeness (QED) is 0.419. The van der Waals surface area contributed by atoms with Gasteiger partial charge in [-0.25, -0.2) is 0 Å². The fourth-order valence-electron chi connectivity index (χ4n) is 2.57. The van der Waals surface area contributed by atoms with Crippen molar-refractivity contribution < 1.29 is 4.79 Å². The highest BCUT2D eigenvalue weighted by Gasteiger charge is 2.42. The van der Waals surface area contributed by atoms with Gasteiger partial charge < -0.3 is 4.90 Å². The maximum absolute atomic E-state index is 12.0. The molecule has 1 aliphatic rings. The molecule has 4 atom stereocenters. The standard InChI is InChI=1S/C15H23ClN2O/c1-7-12(17-5)11-9-13(19)18(6)14(11)10(3)15(4,16)8-2/h8-10,12,14H,2,5,7H2,1,3-4,6H3/t10-,12-,14?,15?/m0/s1. The molecular formula is C15H23ClN2O. The van der Waals surface area contributed by atoms with E-state index in [0.29, 0.717) is 0 Å². The SMILES string of the molecule is C=CC(C)(Cl)[C@@H](C)C1C([C@H](CC)N=C)=CC(=O)N1C. The molecule has 0 aromatic heterocycles. The number of carbonyl (C=O) groups is 1. The van der Waals surface area contributed by atoms with Crippen LogP contribution in [0, 0.1) is 5.92 Å². The van der Waals surface area contributed by atoms with Gasteiger partial charge in [-0.2, -0.15) is 0 Å². The molecule has 0 aromatic rings. The summed E-state index contributed by atoms with van der Waals surface area (Å²) in [6.45, 7) is 13.4. The number of hydrogen-bond acceptors (Lipinski definition) is 2. The number of rotatable bonds is 6. The molecule has 1 rings (SSSR count). The van der Waals surface area contributed by atoms with Gasteiger partial charge in [0.1, 0.15) is 0 Å². The summed E-state index contributed by atoms with van der Waals surface area (Å²) in [5.41, 5.74) is 1.01. The molecule has 0 fully saturated rings. The number of alkyl halides is 1. The van der Waals surface area contributed by atoms with Crippen LogP contribution in [0.3, 0.4) is 0 Å². The van der Waals surface area contributed by atoms with E-state index in [4.69, 9.17) is 11.6 Å². The molecule has 0 aromatic carbocycles. The first kappa shape index (κ1) is 16.0. The zero-order chi connectivity index (χ0) is 14.8. The van der Waals surface area contributed by atoms with Crippen molar-refractivity contribution >= 4 is 24.2 Å². The van der Waals surface area contributed by atoms with Crippen LogP contribution >= 0.6 is 11.6 Å². The Morgan fingerprint density at radius 2 is 2.26 bits per heavy atom. The van der Waals surface area contributed by atoms with Gasteiger partial charge in [-0.15, -0.1) is 18.2 Å². The Balaban J connectivity index is 3.15. The molecule has 0 aliphatic carbocycles. The second-order valence-corrected chi connectivity index (χ2v) is 6.10. The van der Waals surface area contributed by atoms with Gasteiger partial charge in [0.25, 0.3) is 0 Å². The average molecular weight is 283 g/mol. The normalized spacial score (nSPS) is 25.5. The molecule has 19 heavy (non-hydrogen) atoms. The average Bonchev–Trinajstić information content (AvgIpc) is 2.66. The van der Waals surface area contributed by atoms with E-state index in [-0.39, 0.29) is 23.9 Å².